The van der Waals surface area contributed by atoms with E-state index in [0.717, 1.165) is 5.39 Å². The van der Waals surface area contributed by atoms with E-state index in [2.05, 4.69) is 5.32 Å². The Kier molecular flexibility index (Phi) is 6.49. The molecule has 8 heteroatoms. The smallest absolute Gasteiger partial charge is 0.344 e. The first-order chi connectivity index (χ1) is 15.8. The first-order valence-electron chi connectivity index (χ1n) is 9.93. The van der Waals surface area contributed by atoms with Crippen molar-refractivity contribution in [3.63, 3.8) is 0 Å². The minimum atomic E-state index is -1.19. The summed E-state index contributed by atoms with van der Waals surface area (Å²) in [7, 11) is 0. The van der Waals surface area contributed by atoms with E-state index in [1.165, 1.54) is 6.07 Å². The van der Waals surface area contributed by atoms with Crippen LogP contribution in [-0.2, 0) is 11.2 Å². The van der Waals surface area contributed by atoms with Crippen LogP contribution in [0.1, 0.15) is 15.9 Å². The third kappa shape index (κ3) is 5.08. The minimum Gasteiger partial charge on any atom is -0.480 e. The Hall–Kier alpha value is -3.61. The summed E-state index contributed by atoms with van der Waals surface area (Å²) in [6.07, 6.45) is 0.0198. The number of rotatable bonds is 6. The molecule has 33 heavy (non-hydrogen) atoms. The molecule has 1 aromatic heterocycles. The minimum absolute atomic E-state index is 0.0198. The van der Waals surface area contributed by atoms with Gasteiger partial charge in [0.15, 0.2) is 0 Å². The Morgan fingerprint density at radius 1 is 0.939 bits per heavy atom. The van der Waals surface area contributed by atoms with Gasteiger partial charge in [0.25, 0.3) is 5.91 Å². The van der Waals surface area contributed by atoms with Crippen molar-refractivity contribution in [1.82, 2.24) is 5.32 Å². The predicted octanol–water partition coefficient (Wildman–Crippen LogP) is 5.19. The SMILES string of the molecule is O=C(N[C@@H](Cc1ccc(Cl)c(Cl)c1)C(=O)O)c1cccc(-c2cc3ccccc3oc2=O)c1. The van der Waals surface area contributed by atoms with Crippen LogP contribution in [0.15, 0.2) is 82.0 Å². The molecule has 0 bridgehead atoms. The lowest BCUT2D eigenvalue weighted by atomic mass is 10.0. The molecular formula is C25H17Cl2NO5. The zero-order valence-corrected chi connectivity index (χ0v) is 18.6. The first kappa shape index (κ1) is 22.6. The van der Waals surface area contributed by atoms with E-state index in [-0.39, 0.29) is 12.0 Å². The summed E-state index contributed by atoms with van der Waals surface area (Å²) >= 11 is 11.9. The molecule has 0 saturated heterocycles. The molecule has 6 nitrogen and oxygen atoms in total. The second kappa shape index (κ2) is 9.48. The molecule has 4 aromatic rings. The molecule has 0 aliphatic carbocycles. The lowest BCUT2D eigenvalue weighted by Gasteiger charge is -2.15. The lowest BCUT2D eigenvalue weighted by molar-refractivity contribution is -0.139. The molecule has 0 aliphatic rings. The zero-order valence-electron chi connectivity index (χ0n) is 17.0. The van der Waals surface area contributed by atoms with Gasteiger partial charge in [-0.2, -0.15) is 0 Å². The van der Waals surface area contributed by atoms with Crippen LogP contribution in [0.25, 0.3) is 22.1 Å². The molecule has 1 heterocycles. The average Bonchev–Trinajstić information content (AvgIpc) is 2.80. The number of hydrogen-bond acceptors (Lipinski definition) is 4. The van der Waals surface area contributed by atoms with Crippen molar-refractivity contribution in [2.45, 2.75) is 12.5 Å². The van der Waals surface area contributed by atoms with Crippen molar-refractivity contribution in [3.8, 4) is 11.1 Å². The standard InChI is InChI=1S/C25H17Cl2NO5/c26-19-9-8-14(10-20(19)27)11-21(24(30)31)28-23(29)17-6-3-5-15(12-17)18-13-16-4-1-2-7-22(16)33-25(18)32/h1-10,12-13,21H,11H2,(H,28,29)(H,30,31)/t21-/m0/s1. The fourth-order valence-corrected chi connectivity index (χ4v) is 3.76. The first-order valence-corrected chi connectivity index (χ1v) is 10.7. The van der Waals surface area contributed by atoms with Crippen molar-refractivity contribution < 1.29 is 19.1 Å². The second-order valence-electron chi connectivity index (χ2n) is 7.38. The van der Waals surface area contributed by atoms with Crippen LogP contribution in [0.4, 0.5) is 0 Å². The van der Waals surface area contributed by atoms with E-state index in [4.69, 9.17) is 27.6 Å². The number of para-hydroxylation sites is 1. The van der Waals surface area contributed by atoms with E-state index in [0.29, 0.717) is 32.3 Å². The third-order valence-corrected chi connectivity index (χ3v) is 5.84. The molecular weight excluding hydrogens is 465 g/mol. The maximum Gasteiger partial charge on any atom is 0.344 e. The Balaban J connectivity index is 1.59. The molecule has 0 spiro atoms. The van der Waals surface area contributed by atoms with Gasteiger partial charge in [0.2, 0.25) is 0 Å². The highest BCUT2D eigenvalue weighted by Gasteiger charge is 2.22. The molecule has 1 amide bonds. The Morgan fingerprint density at radius 3 is 2.48 bits per heavy atom. The number of carboxylic acids is 1. The summed E-state index contributed by atoms with van der Waals surface area (Å²) in [5, 5.41) is 13.5. The van der Waals surface area contributed by atoms with Crippen LogP contribution >= 0.6 is 23.2 Å². The van der Waals surface area contributed by atoms with Gasteiger partial charge in [0.1, 0.15) is 11.6 Å². The van der Waals surface area contributed by atoms with Crippen molar-refractivity contribution >= 4 is 46.0 Å². The van der Waals surface area contributed by atoms with Gasteiger partial charge in [-0.1, -0.05) is 59.6 Å². The zero-order chi connectivity index (χ0) is 23.5. The number of nitrogens with one attached hydrogen (secondary N) is 1. The van der Waals surface area contributed by atoms with Crippen LogP contribution in [0.3, 0.4) is 0 Å². The number of carbonyl (C=O) groups excluding carboxylic acids is 1. The molecule has 0 fully saturated rings. The van der Waals surface area contributed by atoms with Crippen LogP contribution in [0, 0.1) is 0 Å². The molecule has 0 saturated carbocycles. The molecule has 166 valence electrons. The summed E-state index contributed by atoms with van der Waals surface area (Å²) in [5.41, 5.74) is 1.54. The number of benzene rings is 3. The Labute approximate surface area is 198 Å². The van der Waals surface area contributed by atoms with E-state index in [1.807, 2.05) is 12.1 Å². The number of aliphatic carboxylic acids is 1. The van der Waals surface area contributed by atoms with Gasteiger partial charge in [0, 0.05) is 17.4 Å². The fraction of sp³-hybridized carbons (Fsp3) is 0.0800. The number of halogens is 2. The van der Waals surface area contributed by atoms with Gasteiger partial charge < -0.3 is 14.8 Å². The number of carbonyl (C=O) groups is 2. The molecule has 0 aliphatic heterocycles. The van der Waals surface area contributed by atoms with Gasteiger partial charge >= 0.3 is 11.6 Å². The molecule has 1 atom stereocenters. The van der Waals surface area contributed by atoms with Gasteiger partial charge in [0.05, 0.1) is 15.6 Å². The molecule has 0 radical (unpaired) electrons. The summed E-state index contributed by atoms with van der Waals surface area (Å²) in [4.78, 5) is 37.1. The maximum absolute atomic E-state index is 12.8. The van der Waals surface area contributed by atoms with Crippen LogP contribution < -0.4 is 10.9 Å². The largest absolute Gasteiger partial charge is 0.480 e. The molecule has 0 unspecified atom stereocenters. The fourth-order valence-electron chi connectivity index (χ4n) is 3.44. The van der Waals surface area contributed by atoms with Crippen molar-refractivity contribution in [2.24, 2.45) is 0 Å². The van der Waals surface area contributed by atoms with Crippen molar-refractivity contribution in [1.29, 1.82) is 0 Å². The predicted molar refractivity (Wildman–Crippen MR) is 127 cm³/mol. The normalized spacial score (nSPS) is 11.8. The van der Waals surface area contributed by atoms with Crippen LogP contribution in [-0.4, -0.2) is 23.0 Å². The summed E-state index contributed by atoms with van der Waals surface area (Å²) in [6, 6.07) is 18.8. The van der Waals surface area contributed by atoms with Gasteiger partial charge in [-0.05, 0) is 47.5 Å². The van der Waals surface area contributed by atoms with Crippen molar-refractivity contribution in [3.05, 3.63) is 104 Å². The molecule has 2 N–H and O–H groups in total. The quantitative estimate of drug-likeness (QED) is 0.369. The van der Waals surface area contributed by atoms with Gasteiger partial charge in [-0.3, -0.25) is 4.79 Å². The topological polar surface area (TPSA) is 96.6 Å². The Morgan fingerprint density at radius 2 is 1.73 bits per heavy atom. The number of amides is 1. The Bertz CT molecular complexity index is 1430. The van der Waals surface area contributed by atoms with Crippen LogP contribution in [0.5, 0.6) is 0 Å². The summed E-state index contributed by atoms with van der Waals surface area (Å²) < 4.78 is 5.37. The van der Waals surface area contributed by atoms with Crippen molar-refractivity contribution in [2.75, 3.05) is 0 Å². The highest BCUT2D eigenvalue weighted by Crippen LogP contribution is 2.24. The highest BCUT2D eigenvalue weighted by molar-refractivity contribution is 6.42. The van der Waals surface area contributed by atoms with E-state index in [1.54, 1.807) is 54.6 Å². The maximum atomic E-state index is 12.8. The van der Waals surface area contributed by atoms with Gasteiger partial charge in [-0.25, -0.2) is 9.59 Å². The third-order valence-electron chi connectivity index (χ3n) is 5.10. The number of carboxylic acid groups (broad SMARTS) is 1. The van der Waals surface area contributed by atoms with Crippen LogP contribution in [0.2, 0.25) is 10.0 Å². The summed E-state index contributed by atoms with van der Waals surface area (Å²) in [6.45, 7) is 0. The van der Waals surface area contributed by atoms with E-state index < -0.39 is 23.5 Å². The van der Waals surface area contributed by atoms with Gasteiger partial charge in [-0.15, -0.1) is 0 Å². The molecule has 4 rings (SSSR count). The number of hydrogen-bond donors (Lipinski definition) is 2. The number of fused-ring (bicyclic) bond motifs is 1. The highest BCUT2D eigenvalue weighted by atomic mass is 35.5. The monoisotopic (exact) mass is 481 g/mol. The molecule has 3 aromatic carbocycles. The second-order valence-corrected chi connectivity index (χ2v) is 8.20. The van der Waals surface area contributed by atoms with E-state index in [9.17, 15) is 19.5 Å². The van der Waals surface area contributed by atoms with E-state index >= 15 is 0 Å². The lowest BCUT2D eigenvalue weighted by Crippen LogP contribution is -2.42. The summed E-state index contributed by atoms with van der Waals surface area (Å²) in [5.74, 6) is -1.78. The average molecular weight is 482 g/mol.